The molecule has 0 saturated carbocycles. The number of rotatable bonds is 10. The van der Waals surface area contributed by atoms with Crippen molar-refractivity contribution >= 4 is 23.5 Å². The largest absolute Gasteiger partial charge is 0.494 e. The Morgan fingerprint density at radius 2 is 1.81 bits per heavy atom. The van der Waals surface area contributed by atoms with E-state index in [0.717, 1.165) is 24.3 Å². The van der Waals surface area contributed by atoms with Crippen molar-refractivity contribution in [2.75, 3.05) is 6.61 Å². The van der Waals surface area contributed by atoms with Crippen LogP contribution < -0.4 is 15.5 Å². The number of hydrogen-bond donors (Lipinski definition) is 2. The first kappa shape index (κ1) is 19.9. The second-order valence-electron chi connectivity index (χ2n) is 6.02. The van der Waals surface area contributed by atoms with Crippen LogP contribution in [0, 0.1) is 0 Å². The Hall–Kier alpha value is -2.40. The first-order valence-electron chi connectivity index (χ1n) is 9.11. The van der Waals surface area contributed by atoms with Crippen LogP contribution in [0.25, 0.3) is 0 Å². The van der Waals surface area contributed by atoms with Crippen molar-refractivity contribution in [2.45, 2.75) is 39.2 Å². The van der Waals surface area contributed by atoms with Crippen LogP contribution in [0.4, 0.5) is 0 Å². The van der Waals surface area contributed by atoms with Crippen molar-refractivity contribution in [3.05, 3.63) is 65.7 Å². The number of hydrazone groups is 1. The third kappa shape index (κ3) is 8.12. The monoisotopic (exact) mass is 369 g/mol. The highest BCUT2D eigenvalue weighted by Gasteiger charge is 1.96. The fraction of sp³-hybridized carbons (Fsp3) is 0.333. The lowest BCUT2D eigenvalue weighted by Gasteiger charge is -2.07. The number of thiocarbonyl (C=S) groups is 1. The molecule has 0 atom stereocenters. The van der Waals surface area contributed by atoms with E-state index in [0.29, 0.717) is 11.7 Å². The van der Waals surface area contributed by atoms with Crippen LogP contribution >= 0.6 is 12.2 Å². The van der Waals surface area contributed by atoms with Crippen LogP contribution in [0.1, 0.15) is 43.7 Å². The van der Waals surface area contributed by atoms with E-state index >= 15 is 0 Å². The van der Waals surface area contributed by atoms with Crippen molar-refractivity contribution in [3.63, 3.8) is 0 Å². The molecule has 138 valence electrons. The molecule has 2 rings (SSSR count). The fourth-order valence-electron chi connectivity index (χ4n) is 2.35. The molecule has 0 fully saturated rings. The van der Waals surface area contributed by atoms with Gasteiger partial charge in [0.05, 0.1) is 12.8 Å². The number of hydrogen-bond acceptors (Lipinski definition) is 3. The molecule has 0 unspecified atom stereocenters. The average Bonchev–Trinajstić information content (AvgIpc) is 2.68. The first-order valence-corrected chi connectivity index (χ1v) is 9.52. The molecule has 26 heavy (non-hydrogen) atoms. The van der Waals surface area contributed by atoms with Gasteiger partial charge < -0.3 is 10.1 Å². The van der Waals surface area contributed by atoms with Gasteiger partial charge in [-0.3, -0.25) is 5.43 Å². The van der Waals surface area contributed by atoms with Gasteiger partial charge in [0.2, 0.25) is 0 Å². The van der Waals surface area contributed by atoms with Crippen molar-refractivity contribution in [1.82, 2.24) is 10.7 Å². The van der Waals surface area contributed by atoms with E-state index in [1.165, 1.54) is 24.8 Å². The van der Waals surface area contributed by atoms with Gasteiger partial charge in [0.25, 0.3) is 0 Å². The third-order valence-electron chi connectivity index (χ3n) is 3.82. The van der Waals surface area contributed by atoms with E-state index in [-0.39, 0.29) is 0 Å². The van der Waals surface area contributed by atoms with Gasteiger partial charge in [-0.2, -0.15) is 5.10 Å². The summed E-state index contributed by atoms with van der Waals surface area (Å²) in [4.78, 5) is 0. The van der Waals surface area contributed by atoms with Gasteiger partial charge in [0, 0.05) is 6.54 Å². The Morgan fingerprint density at radius 3 is 2.54 bits per heavy atom. The summed E-state index contributed by atoms with van der Waals surface area (Å²) in [6, 6.07) is 18.0. The van der Waals surface area contributed by atoms with Crippen LogP contribution in [0.15, 0.2) is 59.7 Å². The van der Waals surface area contributed by atoms with E-state index in [1.54, 1.807) is 6.21 Å². The Kier molecular flexibility index (Phi) is 9.22. The summed E-state index contributed by atoms with van der Waals surface area (Å²) in [7, 11) is 0. The molecular weight excluding hydrogens is 342 g/mol. The van der Waals surface area contributed by atoms with Gasteiger partial charge in [-0.25, -0.2) is 0 Å². The zero-order valence-corrected chi connectivity index (χ0v) is 16.1. The Labute approximate surface area is 161 Å². The topological polar surface area (TPSA) is 45.6 Å². The van der Waals surface area contributed by atoms with Gasteiger partial charge in [0.1, 0.15) is 5.75 Å². The van der Waals surface area contributed by atoms with E-state index in [2.05, 4.69) is 22.8 Å². The average molecular weight is 370 g/mol. The Balaban J connectivity index is 1.66. The van der Waals surface area contributed by atoms with E-state index in [1.807, 2.05) is 54.6 Å². The van der Waals surface area contributed by atoms with Gasteiger partial charge in [-0.15, -0.1) is 0 Å². The lowest BCUT2D eigenvalue weighted by Crippen LogP contribution is -2.31. The molecule has 4 nitrogen and oxygen atoms in total. The van der Waals surface area contributed by atoms with Crippen molar-refractivity contribution in [3.8, 4) is 5.75 Å². The standard InChI is InChI=1S/C21H27N3OS/c1-2-3-4-8-15-25-20-13-11-19(12-14-20)17-23-24-21(26)22-16-18-9-6-5-7-10-18/h5-7,9-14,17H,2-4,8,15-16H2,1H3,(H2,22,24,26). The number of ether oxygens (including phenoxy) is 1. The predicted molar refractivity (Wildman–Crippen MR) is 113 cm³/mol. The summed E-state index contributed by atoms with van der Waals surface area (Å²) in [6.45, 7) is 3.66. The molecule has 0 amide bonds. The zero-order chi connectivity index (χ0) is 18.5. The summed E-state index contributed by atoms with van der Waals surface area (Å²) in [5, 5.41) is 7.78. The number of benzene rings is 2. The maximum Gasteiger partial charge on any atom is 0.187 e. The summed E-state index contributed by atoms with van der Waals surface area (Å²) in [5.41, 5.74) is 4.99. The third-order valence-corrected chi connectivity index (χ3v) is 4.06. The molecule has 2 N–H and O–H groups in total. The van der Waals surface area contributed by atoms with Crippen LogP contribution in [0.5, 0.6) is 5.75 Å². The molecule has 0 saturated heterocycles. The van der Waals surface area contributed by atoms with Crippen molar-refractivity contribution < 1.29 is 4.74 Å². The quantitative estimate of drug-likeness (QED) is 0.277. The molecule has 0 aromatic heterocycles. The normalized spacial score (nSPS) is 10.7. The second kappa shape index (κ2) is 12.0. The highest BCUT2D eigenvalue weighted by atomic mass is 32.1. The molecule has 0 aliphatic heterocycles. The van der Waals surface area contributed by atoms with Crippen LogP contribution in [-0.2, 0) is 6.54 Å². The number of unbranched alkanes of at least 4 members (excludes halogenated alkanes) is 3. The minimum absolute atomic E-state index is 0.497. The molecule has 0 bridgehead atoms. The Bertz CT molecular complexity index is 671. The molecule has 2 aromatic carbocycles. The maximum atomic E-state index is 5.73. The molecule has 5 heteroatoms. The molecule has 0 spiro atoms. The van der Waals surface area contributed by atoms with E-state index in [4.69, 9.17) is 17.0 Å². The summed E-state index contributed by atoms with van der Waals surface area (Å²) < 4.78 is 5.73. The Morgan fingerprint density at radius 1 is 1.04 bits per heavy atom. The lowest BCUT2D eigenvalue weighted by atomic mass is 10.2. The fourth-order valence-corrected chi connectivity index (χ4v) is 2.48. The van der Waals surface area contributed by atoms with Crippen LogP contribution in [0.2, 0.25) is 0 Å². The zero-order valence-electron chi connectivity index (χ0n) is 15.3. The maximum absolute atomic E-state index is 5.73. The highest BCUT2D eigenvalue weighted by Crippen LogP contribution is 2.12. The summed E-state index contributed by atoms with van der Waals surface area (Å²) >= 11 is 5.21. The van der Waals surface area contributed by atoms with E-state index < -0.39 is 0 Å². The summed E-state index contributed by atoms with van der Waals surface area (Å²) in [5.74, 6) is 0.895. The number of nitrogens with one attached hydrogen (secondary N) is 2. The molecule has 2 aromatic rings. The predicted octanol–water partition coefficient (Wildman–Crippen LogP) is 4.64. The van der Waals surface area contributed by atoms with Gasteiger partial charge >= 0.3 is 0 Å². The smallest absolute Gasteiger partial charge is 0.187 e. The minimum Gasteiger partial charge on any atom is -0.494 e. The molecule has 0 aliphatic carbocycles. The first-order chi connectivity index (χ1) is 12.8. The van der Waals surface area contributed by atoms with Crippen LogP contribution in [0.3, 0.4) is 0 Å². The van der Waals surface area contributed by atoms with Crippen molar-refractivity contribution in [1.29, 1.82) is 0 Å². The minimum atomic E-state index is 0.497. The molecular formula is C21H27N3OS. The van der Waals surface area contributed by atoms with Gasteiger partial charge in [0.15, 0.2) is 5.11 Å². The molecule has 0 aliphatic rings. The summed E-state index contributed by atoms with van der Waals surface area (Å²) in [6.07, 6.45) is 6.59. The van der Waals surface area contributed by atoms with Gasteiger partial charge in [-0.05, 0) is 54.0 Å². The highest BCUT2D eigenvalue weighted by molar-refractivity contribution is 7.80. The van der Waals surface area contributed by atoms with Crippen LogP contribution in [-0.4, -0.2) is 17.9 Å². The van der Waals surface area contributed by atoms with Crippen molar-refractivity contribution in [2.24, 2.45) is 5.10 Å². The SMILES string of the molecule is CCCCCCOc1ccc(C=NNC(=S)NCc2ccccc2)cc1. The number of nitrogens with zero attached hydrogens (tertiary/aromatic N) is 1. The molecule has 0 radical (unpaired) electrons. The van der Waals surface area contributed by atoms with E-state index in [9.17, 15) is 0 Å². The molecule has 0 heterocycles. The van der Waals surface area contributed by atoms with Gasteiger partial charge in [-0.1, -0.05) is 56.5 Å². The second-order valence-corrected chi connectivity index (χ2v) is 6.42. The lowest BCUT2D eigenvalue weighted by molar-refractivity contribution is 0.305.